The fourth-order valence-corrected chi connectivity index (χ4v) is 8.66. The second-order valence-electron chi connectivity index (χ2n) is 14.7. The first-order valence-corrected chi connectivity index (χ1v) is 19.1. The van der Waals surface area contributed by atoms with E-state index in [0.717, 1.165) is 5.52 Å². The molecule has 3 aliphatic heterocycles. The molecule has 14 heteroatoms. The molecule has 2 aromatic carbocycles. The van der Waals surface area contributed by atoms with Crippen LogP contribution in [-0.4, -0.2) is 110 Å². The van der Waals surface area contributed by atoms with Crippen molar-refractivity contribution in [3.05, 3.63) is 85.5 Å². The summed E-state index contributed by atoms with van der Waals surface area (Å²) >= 11 is 0. The van der Waals surface area contributed by atoms with E-state index >= 15 is 4.79 Å². The highest BCUT2D eigenvalue weighted by molar-refractivity contribution is 5.98. The van der Waals surface area contributed by atoms with Gasteiger partial charge in [0.2, 0.25) is 17.7 Å². The molecule has 1 spiro atoms. The Bertz CT molecular complexity index is 1870. The van der Waals surface area contributed by atoms with Crippen molar-refractivity contribution in [2.45, 2.75) is 88.6 Å². The maximum Gasteiger partial charge on any atom is 0.313 e. The lowest BCUT2D eigenvalue weighted by Crippen LogP contribution is -2.60. The molecule has 0 aliphatic carbocycles. The lowest BCUT2D eigenvalue weighted by atomic mass is 9.70. The third-order valence-corrected chi connectivity index (χ3v) is 11.5. The molecule has 3 aliphatic rings. The maximum atomic E-state index is 15.1. The number of aromatic nitrogens is 3. The number of likely N-dealkylation sites (tertiary alicyclic amines) is 1. The number of carbonyl (C=O) groups excluding carboxylic acids is 4. The summed E-state index contributed by atoms with van der Waals surface area (Å²) in [6, 6.07) is 13.8. The number of para-hydroxylation sites is 1. The third kappa shape index (κ3) is 7.54. The Morgan fingerprint density at radius 1 is 1.15 bits per heavy atom. The van der Waals surface area contributed by atoms with Crippen molar-refractivity contribution in [1.82, 2.24) is 30.1 Å². The molecule has 2 N–H and O–H groups in total. The summed E-state index contributed by atoms with van der Waals surface area (Å²) in [5, 5.41) is 22.3. The molecule has 55 heavy (non-hydrogen) atoms. The molecule has 3 fully saturated rings. The minimum atomic E-state index is -1.36. The molecule has 2 bridgehead atoms. The highest BCUT2D eigenvalue weighted by Gasteiger charge is 2.76. The van der Waals surface area contributed by atoms with E-state index in [-0.39, 0.29) is 44.7 Å². The predicted molar refractivity (Wildman–Crippen MR) is 203 cm³/mol. The SMILES string of the molecule is C=CCCC(=O)N[C@@H](COC)[C@@H](OC(=O)[C@@H]1[C@H]2C(=O)N([C@@H](CO)[C@@H](C)CC)[C@H](C(=O)N(CC=C)Cn3nnc4ccccc43)[C@]23CC[C@H]1O3)c1ccccc1. The van der Waals surface area contributed by atoms with Gasteiger partial charge in [-0.2, -0.15) is 0 Å². The predicted octanol–water partition coefficient (Wildman–Crippen LogP) is 3.57. The normalized spacial score (nSPS) is 24.9. The van der Waals surface area contributed by atoms with Crippen LogP contribution in [0.1, 0.15) is 57.6 Å². The van der Waals surface area contributed by atoms with Crippen molar-refractivity contribution in [2.75, 3.05) is 26.9 Å². The summed E-state index contributed by atoms with van der Waals surface area (Å²) in [7, 11) is 1.50. The van der Waals surface area contributed by atoms with E-state index < -0.39 is 65.6 Å². The minimum absolute atomic E-state index is 0.0187. The van der Waals surface area contributed by atoms with Gasteiger partial charge in [-0.3, -0.25) is 19.2 Å². The van der Waals surface area contributed by atoms with Crippen LogP contribution >= 0.6 is 0 Å². The second-order valence-corrected chi connectivity index (χ2v) is 14.7. The number of aliphatic hydroxyl groups is 1. The largest absolute Gasteiger partial charge is 0.455 e. The standard InChI is InChI=1S/C41H52N6O8/c1-6-9-19-33(49)42-29(24-53-5)36(27-15-11-10-12-16-27)54-40(52)34-32-20-21-41(55-32)35(34)38(50)47(31(23-48)26(4)8-3)37(41)39(51)45(22-7-2)25-46-30-18-14-13-17-28(30)43-44-46/h6-7,10-18,26,29,31-32,34-37,48H,1-2,8-9,19-25H2,3-5H3,(H,42,49)/t26-,29-,31-,32+,34-,35-,36-,37+,41-/m0/s1. The first-order chi connectivity index (χ1) is 26.6. The average Bonchev–Trinajstić information content (AvgIpc) is 3.95. The lowest BCUT2D eigenvalue weighted by Gasteiger charge is -2.40. The number of nitrogens with one attached hydrogen (secondary N) is 1. The summed E-state index contributed by atoms with van der Waals surface area (Å²) in [4.78, 5) is 60.6. The van der Waals surface area contributed by atoms with Crippen LogP contribution in [0.4, 0.5) is 0 Å². The number of hydrogen-bond donors (Lipinski definition) is 2. The average molecular weight is 757 g/mol. The van der Waals surface area contributed by atoms with Crippen LogP contribution in [0.5, 0.6) is 0 Å². The first-order valence-electron chi connectivity index (χ1n) is 19.1. The monoisotopic (exact) mass is 756 g/mol. The van der Waals surface area contributed by atoms with E-state index in [1.807, 2.05) is 56.3 Å². The van der Waals surface area contributed by atoms with E-state index in [9.17, 15) is 19.5 Å². The highest BCUT2D eigenvalue weighted by atomic mass is 16.6. The third-order valence-electron chi connectivity index (χ3n) is 11.5. The molecule has 6 rings (SSSR count). The highest BCUT2D eigenvalue weighted by Crippen LogP contribution is 2.59. The fraction of sp³-hybridized carbons (Fsp3) is 0.512. The number of benzene rings is 2. The number of nitrogens with zero attached hydrogens (tertiary/aromatic N) is 5. The topological polar surface area (TPSA) is 165 Å². The summed E-state index contributed by atoms with van der Waals surface area (Å²) in [5.41, 5.74) is 0.662. The number of aliphatic hydroxyl groups excluding tert-OH is 1. The van der Waals surface area contributed by atoms with Gasteiger partial charge in [0.25, 0.3) is 0 Å². The van der Waals surface area contributed by atoms with Gasteiger partial charge >= 0.3 is 5.97 Å². The molecule has 3 aromatic rings. The molecule has 294 valence electrons. The minimum Gasteiger partial charge on any atom is -0.455 e. The molecule has 0 saturated carbocycles. The van der Waals surface area contributed by atoms with Crippen LogP contribution in [0.25, 0.3) is 11.0 Å². The first kappa shape index (κ1) is 39.8. The van der Waals surface area contributed by atoms with Gasteiger partial charge in [-0.25, -0.2) is 4.68 Å². The van der Waals surface area contributed by atoms with Gasteiger partial charge in [-0.15, -0.1) is 18.3 Å². The van der Waals surface area contributed by atoms with E-state index in [2.05, 4.69) is 28.8 Å². The van der Waals surface area contributed by atoms with Crippen LogP contribution in [0.2, 0.25) is 0 Å². The fourth-order valence-electron chi connectivity index (χ4n) is 8.66. The maximum absolute atomic E-state index is 15.1. The van der Waals surface area contributed by atoms with Crippen LogP contribution in [0.3, 0.4) is 0 Å². The van der Waals surface area contributed by atoms with Crippen molar-refractivity contribution >= 4 is 34.7 Å². The quantitative estimate of drug-likeness (QED) is 0.137. The number of hydrogen-bond acceptors (Lipinski definition) is 10. The van der Waals surface area contributed by atoms with Gasteiger partial charge < -0.3 is 34.4 Å². The number of amides is 3. The van der Waals surface area contributed by atoms with E-state index in [0.29, 0.717) is 36.8 Å². The number of allylic oxidation sites excluding steroid dienone is 1. The Morgan fingerprint density at radius 2 is 1.89 bits per heavy atom. The Balaban J connectivity index is 1.36. The molecule has 0 unspecified atom stereocenters. The van der Waals surface area contributed by atoms with Crippen molar-refractivity contribution in [1.29, 1.82) is 0 Å². The zero-order valence-corrected chi connectivity index (χ0v) is 31.8. The van der Waals surface area contributed by atoms with Gasteiger partial charge in [0, 0.05) is 20.1 Å². The van der Waals surface area contributed by atoms with Crippen LogP contribution in [-0.2, 0) is 40.1 Å². The number of rotatable bonds is 19. The Labute approximate surface area is 321 Å². The molecule has 3 amide bonds. The van der Waals surface area contributed by atoms with Crippen LogP contribution < -0.4 is 5.32 Å². The van der Waals surface area contributed by atoms with Crippen LogP contribution in [0.15, 0.2) is 79.9 Å². The molecule has 4 heterocycles. The summed E-state index contributed by atoms with van der Waals surface area (Å²) in [6.45, 7) is 11.3. The van der Waals surface area contributed by atoms with Gasteiger partial charge in [0.15, 0.2) is 0 Å². The zero-order chi connectivity index (χ0) is 39.3. The van der Waals surface area contributed by atoms with Crippen molar-refractivity contribution in [3.8, 4) is 0 Å². The molecular formula is C41H52N6O8. The van der Waals surface area contributed by atoms with E-state index in [1.165, 1.54) is 12.0 Å². The molecule has 14 nitrogen and oxygen atoms in total. The lowest BCUT2D eigenvalue weighted by molar-refractivity contribution is -0.164. The Morgan fingerprint density at radius 3 is 2.58 bits per heavy atom. The van der Waals surface area contributed by atoms with Crippen LogP contribution in [0, 0.1) is 17.8 Å². The smallest absolute Gasteiger partial charge is 0.313 e. The number of fused-ring (bicyclic) bond motifs is 2. The molecule has 0 radical (unpaired) electrons. The summed E-state index contributed by atoms with van der Waals surface area (Å²) < 4.78 is 20.2. The van der Waals surface area contributed by atoms with Gasteiger partial charge in [0.1, 0.15) is 29.9 Å². The van der Waals surface area contributed by atoms with E-state index in [4.69, 9.17) is 14.2 Å². The van der Waals surface area contributed by atoms with Gasteiger partial charge in [-0.05, 0) is 42.9 Å². The summed E-state index contributed by atoms with van der Waals surface area (Å²) in [6.07, 6.45) is 3.66. The molecule has 9 atom stereocenters. The molecular weight excluding hydrogens is 704 g/mol. The molecule has 3 saturated heterocycles. The molecule has 1 aromatic heterocycles. The Kier molecular flexibility index (Phi) is 12.5. The Hall–Kier alpha value is -4.92. The number of esters is 1. The van der Waals surface area contributed by atoms with Crippen molar-refractivity contribution in [3.63, 3.8) is 0 Å². The van der Waals surface area contributed by atoms with Crippen molar-refractivity contribution < 1.29 is 38.5 Å². The second kappa shape index (κ2) is 17.3. The van der Waals surface area contributed by atoms with Gasteiger partial charge in [0.05, 0.1) is 48.8 Å². The summed E-state index contributed by atoms with van der Waals surface area (Å²) in [5.74, 6) is -4.05. The number of carbonyl (C=O) groups is 4. The van der Waals surface area contributed by atoms with Gasteiger partial charge in [-0.1, -0.05) is 80.1 Å². The van der Waals surface area contributed by atoms with E-state index in [1.54, 1.807) is 33.9 Å². The zero-order valence-electron chi connectivity index (χ0n) is 31.8. The number of ether oxygens (including phenoxy) is 3. The number of methoxy groups -OCH3 is 1. The van der Waals surface area contributed by atoms with Crippen molar-refractivity contribution in [2.24, 2.45) is 17.8 Å².